The van der Waals surface area contributed by atoms with E-state index < -0.39 is 29.4 Å². The third-order valence-corrected chi connectivity index (χ3v) is 2.76. The average Bonchev–Trinajstić information content (AvgIpc) is 2.30. The first kappa shape index (κ1) is 17.1. The fraction of sp³-hybridized carbons (Fsp3) is 0.300. The van der Waals surface area contributed by atoms with Gasteiger partial charge in [-0.1, -0.05) is 0 Å². The van der Waals surface area contributed by atoms with Gasteiger partial charge in [0.25, 0.3) is 0 Å². The Morgan fingerprint density at radius 3 is 2.61 bits per heavy atom. The number of carbonyl (C=O) groups excluding carboxylic acids is 1. The fourth-order valence-electron chi connectivity index (χ4n) is 1.26. The minimum Gasteiger partial charge on any atom is -0.505 e. The van der Waals surface area contributed by atoms with Crippen LogP contribution < -0.4 is 5.73 Å². The number of esters is 1. The van der Waals surface area contributed by atoms with Crippen LogP contribution in [0, 0.1) is 11.6 Å². The molecule has 8 heteroatoms. The molecular weight excluding hydrogens is 335 g/mol. The van der Waals surface area contributed by atoms with Crippen LogP contribution in [0.4, 0.5) is 8.78 Å². The summed E-state index contributed by atoms with van der Waals surface area (Å²) >= 11 is 2.78. The van der Waals surface area contributed by atoms with Crippen molar-refractivity contribution in [3.63, 3.8) is 0 Å². The molecule has 1 atom stereocenters. The summed E-state index contributed by atoms with van der Waals surface area (Å²) in [6, 6.07) is 0.148. The number of rotatable bonds is 3. The number of hydrogen-bond acceptors (Lipinski definition) is 4. The topological polar surface area (TPSA) is 72.5 Å². The van der Waals surface area contributed by atoms with E-state index in [1.165, 1.54) is 7.11 Å². The van der Waals surface area contributed by atoms with Crippen molar-refractivity contribution in [2.45, 2.75) is 12.5 Å². The van der Waals surface area contributed by atoms with Gasteiger partial charge in [-0.3, -0.25) is 4.79 Å². The lowest BCUT2D eigenvalue weighted by atomic mass is 10.0. The largest absolute Gasteiger partial charge is 0.505 e. The Bertz CT molecular complexity index is 459. The zero-order chi connectivity index (χ0) is 13.2. The molecule has 0 amide bonds. The van der Waals surface area contributed by atoms with E-state index in [4.69, 9.17) is 5.73 Å². The zero-order valence-electron chi connectivity index (χ0n) is 9.25. The minimum atomic E-state index is -1.41. The highest BCUT2D eigenvalue weighted by Gasteiger charge is 2.22. The maximum absolute atomic E-state index is 13.2. The van der Waals surface area contributed by atoms with Gasteiger partial charge in [-0.25, -0.2) is 4.39 Å². The van der Waals surface area contributed by atoms with E-state index in [0.717, 1.165) is 6.07 Å². The summed E-state index contributed by atoms with van der Waals surface area (Å²) in [7, 11) is 1.18. The number of benzene rings is 1. The molecule has 1 aromatic rings. The monoisotopic (exact) mass is 345 g/mol. The van der Waals surface area contributed by atoms with Gasteiger partial charge >= 0.3 is 5.97 Å². The predicted molar refractivity (Wildman–Crippen MR) is 66.5 cm³/mol. The molecular formula is C10H11BrClF2NO3. The molecule has 0 aliphatic rings. The zero-order valence-corrected chi connectivity index (χ0v) is 11.6. The minimum absolute atomic E-state index is 0. The van der Waals surface area contributed by atoms with Gasteiger partial charge in [0, 0.05) is 11.6 Å². The lowest BCUT2D eigenvalue weighted by molar-refractivity contribution is -0.141. The quantitative estimate of drug-likeness (QED) is 0.651. The Morgan fingerprint density at radius 2 is 2.11 bits per heavy atom. The number of phenolic OH excluding ortho intramolecular Hbond substituents is 1. The van der Waals surface area contributed by atoms with Gasteiger partial charge < -0.3 is 15.6 Å². The van der Waals surface area contributed by atoms with Gasteiger partial charge in [-0.15, -0.1) is 12.4 Å². The van der Waals surface area contributed by atoms with Gasteiger partial charge in [-0.2, -0.15) is 4.39 Å². The molecule has 0 bridgehead atoms. The number of phenols is 1. The van der Waals surface area contributed by atoms with Crippen molar-refractivity contribution in [3.05, 3.63) is 27.7 Å². The van der Waals surface area contributed by atoms with Crippen molar-refractivity contribution in [2.24, 2.45) is 5.73 Å². The molecule has 0 unspecified atom stereocenters. The summed E-state index contributed by atoms with van der Waals surface area (Å²) < 4.78 is 30.5. The molecule has 4 nitrogen and oxygen atoms in total. The lowest BCUT2D eigenvalue weighted by Crippen LogP contribution is -2.17. The van der Waals surface area contributed by atoms with Crippen molar-refractivity contribution >= 4 is 34.3 Å². The summed E-state index contributed by atoms with van der Waals surface area (Å²) in [5, 5.41) is 9.39. The Kier molecular flexibility index (Phi) is 6.51. The summed E-state index contributed by atoms with van der Waals surface area (Å²) in [5.74, 6) is -4.13. The molecule has 3 N–H and O–H groups in total. The van der Waals surface area contributed by atoms with E-state index in [2.05, 4.69) is 20.7 Å². The molecule has 0 saturated carbocycles. The fourth-order valence-corrected chi connectivity index (χ4v) is 1.68. The van der Waals surface area contributed by atoms with Gasteiger partial charge in [0.15, 0.2) is 11.6 Å². The van der Waals surface area contributed by atoms with Crippen LogP contribution in [0.1, 0.15) is 18.0 Å². The molecule has 0 aliphatic heterocycles. The summed E-state index contributed by atoms with van der Waals surface area (Å²) in [5.41, 5.74) is 5.52. The second-order valence-corrected chi connectivity index (χ2v) is 4.17. The molecule has 0 radical (unpaired) electrons. The predicted octanol–water partition coefficient (Wildman–Crippen LogP) is 2.42. The molecule has 0 saturated heterocycles. The maximum atomic E-state index is 13.2. The molecule has 0 aromatic heterocycles. The molecule has 102 valence electrons. The molecule has 0 spiro atoms. The van der Waals surface area contributed by atoms with Gasteiger partial charge in [0.2, 0.25) is 5.82 Å². The summed E-state index contributed by atoms with van der Waals surface area (Å²) in [4.78, 5) is 11.0. The van der Waals surface area contributed by atoms with Crippen molar-refractivity contribution < 1.29 is 23.4 Å². The Morgan fingerprint density at radius 1 is 1.56 bits per heavy atom. The number of aromatic hydroxyl groups is 1. The Balaban J connectivity index is 0.00000289. The van der Waals surface area contributed by atoms with Crippen molar-refractivity contribution in [2.75, 3.05) is 7.11 Å². The van der Waals surface area contributed by atoms with Crippen molar-refractivity contribution in [1.29, 1.82) is 0 Å². The third-order valence-electron chi connectivity index (χ3n) is 2.18. The average molecular weight is 347 g/mol. The van der Waals surface area contributed by atoms with E-state index in [-0.39, 0.29) is 28.9 Å². The second-order valence-electron chi connectivity index (χ2n) is 3.31. The van der Waals surface area contributed by atoms with E-state index in [1.807, 2.05) is 0 Å². The first-order valence-electron chi connectivity index (χ1n) is 4.57. The van der Waals surface area contributed by atoms with Crippen LogP contribution in [0.2, 0.25) is 0 Å². The smallest absolute Gasteiger partial charge is 0.307 e. The highest BCUT2D eigenvalue weighted by Crippen LogP contribution is 2.33. The van der Waals surface area contributed by atoms with Crippen LogP contribution in [0.25, 0.3) is 0 Å². The van der Waals surface area contributed by atoms with Gasteiger partial charge in [0.05, 0.1) is 18.0 Å². The number of nitrogens with two attached hydrogens (primary N) is 1. The molecule has 0 fully saturated rings. The first-order chi connectivity index (χ1) is 7.88. The van der Waals surface area contributed by atoms with Crippen molar-refractivity contribution in [1.82, 2.24) is 0 Å². The normalized spacial score (nSPS) is 11.6. The van der Waals surface area contributed by atoms with Crippen LogP contribution in [0.15, 0.2) is 10.5 Å². The second kappa shape index (κ2) is 6.86. The number of halogens is 4. The van der Waals surface area contributed by atoms with Crippen LogP contribution in [-0.2, 0) is 9.53 Å². The third kappa shape index (κ3) is 3.54. The molecule has 18 heavy (non-hydrogen) atoms. The molecule has 1 rings (SSSR count). The first-order valence-corrected chi connectivity index (χ1v) is 5.36. The maximum Gasteiger partial charge on any atom is 0.307 e. The van der Waals surface area contributed by atoms with Crippen LogP contribution in [0.5, 0.6) is 5.75 Å². The van der Waals surface area contributed by atoms with Crippen molar-refractivity contribution in [3.8, 4) is 5.75 Å². The number of methoxy groups -OCH3 is 1. The van der Waals surface area contributed by atoms with Crippen LogP contribution >= 0.6 is 28.3 Å². The number of carbonyl (C=O) groups is 1. The Hall–Kier alpha value is -0.920. The summed E-state index contributed by atoms with van der Waals surface area (Å²) in [6.45, 7) is 0. The van der Waals surface area contributed by atoms with Crippen LogP contribution in [0.3, 0.4) is 0 Å². The highest BCUT2D eigenvalue weighted by molar-refractivity contribution is 9.10. The molecule has 1 aromatic carbocycles. The summed E-state index contributed by atoms with van der Waals surface area (Å²) in [6.07, 6.45) is -0.248. The molecule has 0 aliphatic carbocycles. The lowest BCUT2D eigenvalue weighted by Gasteiger charge is -2.14. The highest BCUT2D eigenvalue weighted by atomic mass is 79.9. The van der Waals surface area contributed by atoms with E-state index in [1.54, 1.807) is 0 Å². The SMILES string of the molecule is COC(=O)C[C@H](N)c1cc(Br)c(F)c(F)c1O.Cl. The number of ether oxygens (including phenoxy) is 1. The molecule has 0 heterocycles. The number of hydrogen-bond donors (Lipinski definition) is 2. The standard InChI is InChI=1S/C10H10BrF2NO3.ClH/c1-17-7(15)3-6(14)4-2-5(11)8(12)9(13)10(4)16;/h2,6,16H,3,14H2,1H3;1H/t6-;/m0./s1. The van der Waals surface area contributed by atoms with E-state index >= 15 is 0 Å². The van der Waals surface area contributed by atoms with E-state index in [9.17, 15) is 18.7 Å². The van der Waals surface area contributed by atoms with E-state index in [0.29, 0.717) is 0 Å². The Labute approximate surface area is 117 Å². The van der Waals surface area contributed by atoms with Crippen LogP contribution in [-0.4, -0.2) is 18.2 Å². The van der Waals surface area contributed by atoms with Gasteiger partial charge in [-0.05, 0) is 22.0 Å². The van der Waals surface area contributed by atoms with Gasteiger partial charge in [0.1, 0.15) is 0 Å².